The second-order valence-corrected chi connectivity index (χ2v) is 6.14. The molecule has 5 heteroatoms. The first kappa shape index (κ1) is 15.7. The minimum absolute atomic E-state index is 0.0979. The number of piperidine rings is 1. The van der Waals surface area contributed by atoms with Gasteiger partial charge in [0.25, 0.3) is 0 Å². The van der Waals surface area contributed by atoms with Crippen molar-refractivity contribution in [1.82, 2.24) is 9.80 Å². The van der Waals surface area contributed by atoms with Crippen LogP contribution in [-0.2, 0) is 14.3 Å². The van der Waals surface area contributed by atoms with E-state index in [-0.39, 0.29) is 18.1 Å². The van der Waals surface area contributed by atoms with Crippen LogP contribution in [0, 0.1) is 0 Å². The standard InChI is InChI=1S/C15H28N2O3/c1-4-17-12-15(20-11-14(17)18)5-7-16(8-6-15)9-10-19-13(2)3/h13H,4-12H2,1-3H3. The van der Waals surface area contributed by atoms with E-state index in [0.717, 1.165) is 52.2 Å². The molecule has 0 saturated carbocycles. The molecule has 0 N–H and O–H groups in total. The molecule has 2 saturated heterocycles. The molecule has 0 atom stereocenters. The number of morpholine rings is 1. The van der Waals surface area contributed by atoms with E-state index in [1.165, 1.54) is 0 Å². The monoisotopic (exact) mass is 284 g/mol. The SMILES string of the molecule is CCN1CC2(CCN(CCOC(C)C)CC2)OCC1=O. The number of hydrogen-bond donors (Lipinski definition) is 0. The van der Waals surface area contributed by atoms with Crippen molar-refractivity contribution in [2.45, 2.75) is 45.3 Å². The third kappa shape index (κ3) is 3.93. The summed E-state index contributed by atoms with van der Waals surface area (Å²) >= 11 is 0. The van der Waals surface area contributed by atoms with E-state index in [9.17, 15) is 4.79 Å². The molecule has 20 heavy (non-hydrogen) atoms. The summed E-state index contributed by atoms with van der Waals surface area (Å²) in [6, 6.07) is 0. The van der Waals surface area contributed by atoms with Crippen LogP contribution in [0.4, 0.5) is 0 Å². The van der Waals surface area contributed by atoms with Crippen LogP contribution in [-0.4, -0.2) is 73.3 Å². The Bertz CT molecular complexity index is 325. The van der Waals surface area contributed by atoms with E-state index in [2.05, 4.69) is 18.7 Å². The van der Waals surface area contributed by atoms with Crippen molar-refractivity contribution in [3.05, 3.63) is 0 Å². The molecule has 1 amide bonds. The Morgan fingerprint density at radius 3 is 2.65 bits per heavy atom. The van der Waals surface area contributed by atoms with E-state index in [0.29, 0.717) is 6.10 Å². The van der Waals surface area contributed by atoms with Crippen LogP contribution in [0.3, 0.4) is 0 Å². The molecule has 2 aliphatic heterocycles. The molecule has 0 aromatic heterocycles. The molecule has 5 nitrogen and oxygen atoms in total. The largest absolute Gasteiger partial charge is 0.377 e. The van der Waals surface area contributed by atoms with Crippen molar-refractivity contribution < 1.29 is 14.3 Å². The van der Waals surface area contributed by atoms with Gasteiger partial charge in [-0.1, -0.05) is 0 Å². The minimum Gasteiger partial charge on any atom is -0.377 e. The molecular weight excluding hydrogens is 256 g/mol. The van der Waals surface area contributed by atoms with Gasteiger partial charge in [-0.2, -0.15) is 0 Å². The summed E-state index contributed by atoms with van der Waals surface area (Å²) in [5.74, 6) is 0.130. The maximum absolute atomic E-state index is 11.7. The Labute approximate surface area is 122 Å². The maximum atomic E-state index is 11.7. The molecule has 0 radical (unpaired) electrons. The van der Waals surface area contributed by atoms with Crippen molar-refractivity contribution >= 4 is 5.91 Å². The average molecular weight is 284 g/mol. The molecule has 0 aromatic rings. The highest BCUT2D eigenvalue weighted by molar-refractivity contribution is 5.78. The lowest BCUT2D eigenvalue weighted by Gasteiger charge is -2.46. The van der Waals surface area contributed by atoms with Gasteiger partial charge in [0.2, 0.25) is 5.91 Å². The molecule has 2 rings (SSSR count). The minimum atomic E-state index is -0.0979. The van der Waals surface area contributed by atoms with Gasteiger partial charge in [-0.25, -0.2) is 0 Å². The summed E-state index contributed by atoms with van der Waals surface area (Å²) in [5.41, 5.74) is -0.0979. The predicted molar refractivity (Wildman–Crippen MR) is 77.7 cm³/mol. The normalized spacial score (nSPS) is 23.8. The highest BCUT2D eigenvalue weighted by Gasteiger charge is 2.41. The molecule has 2 aliphatic rings. The van der Waals surface area contributed by atoms with Crippen LogP contribution in [0.15, 0.2) is 0 Å². The van der Waals surface area contributed by atoms with Gasteiger partial charge in [0.15, 0.2) is 0 Å². The zero-order valence-electron chi connectivity index (χ0n) is 13.1. The van der Waals surface area contributed by atoms with Gasteiger partial charge < -0.3 is 19.3 Å². The van der Waals surface area contributed by atoms with Gasteiger partial charge in [0.1, 0.15) is 6.61 Å². The number of likely N-dealkylation sites (tertiary alicyclic amines) is 1. The second-order valence-electron chi connectivity index (χ2n) is 6.14. The molecular formula is C15H28N2O3. The summed E-state index contributed by atoms with van der Waals surface area (Å²) in [6.45, 7) is 11.8. The van der Waals surface area contributed by atoms with Crippen LogP contribution in [0.2, 0.25) is 0 Å². The summed E-state index contributed by atoms with van der Waals surface area (Å²) in [6.07, 6.45) is 2.33. The first-order valence-corrected chi connectivity index (χ1v) is 7.80. The zero-order chi connectivity index (χ0) is 14.6. The number of amides is 1. The number of hydrogen-bond acceptors (Lipinski definition) is 4. The molecule has 2 heterocycles. The van der Waals surface area contributed by atoms with Gasteiger partial charge in [-0.05, 0) is 33.6 Å². The zero-order valence-corrected chi connectivity index (χ0v) is 13.1. The number of ether oxygens (including phenoxy) is 2. The summed E-state index contributed by atoms with van der Waals surface area (Å²) in [4.78, 5) is 16.1. The van der Waals surface area contributed by atoms with Crippen LogP contribution in [0.5, 0.6) is 0 Å². The van der Waals surface area contributed by atoms with Crippen molar-refractivity contribution in [1.29, 1.82) is 0 Å². The average Bonchev–Trinajstić information content (AvgIpc) is 2.44. The molecule has 1 spiro atoms. The number of carbonyl (C=O) groups excluding carboxylic acids is 1. The van der Waals surface area contributed by atoms with Gasteiger partial charge in [-0.3, -0.25) is 4.79 Å². The van der Waals surface area contributed by atoms with E-state index in [1.807, 2.05) is 11.8 Å². The summed E-state index contributed by atoms with van der Waals surface area (Å²) in [7, 11) is 0. The Balaban J connectivity index is 1.77. The van der Waals surface area contributed by atoms with Gasteiger partial charge in [0, 0.05) is 32.7 Å². The summed E-state index contributed by atoms with van der Waals surface area (Å²) in [5, 5.41) is 0. The van der Waals surface area contributed by atoms with Crippen molar-refractivity contribution in [3.8, 4) is 0 Å². The molecule has 116 valence electrons. The maximum Gasteiger partial charge on any atom is 0.248 e. The van der Waals surface area contributed by atoms with E-state index < -0.39 is 0 Å². The highest BCUT2D eigenvalue weighted by atomic mass is 16.5. The van der Waals surface area contributed by atoms with Crippen LogP contribution in [0.1, 0.15) is 33.6 Å². The van der Waals surface area contributed by atoms with Crippen molar-refractivity contribution in [3.63, 3.8) is 0 Å². The summed E-state index contributed by atoms with van der Waals surface area (Å²) < 4.78 is 11.5. The quantitative estimate of drug-likeness (QED) is 0.759. The third-order valence-corrected chi connectivity index (χ3v) is 4.34. The van der Waals surface area contributed by atoms with E-state index in [4.69, 9.17) is 9.47 Å². The Hall–Kier alpha value is -0.650. The molecule has 0 aromatic carbocycles. The van der Waals surface area contributed by atoms with Gasteiger partial charge >= 0.3 is 0 Å². The lowest BCUT2D eigenvalue weighted by Crippen LogP contribution is -2.58. The fourth-order valence-corrected chi connectivity index (χ4v) is 2.98. The first-order valence-electron chi connectivity index (χ1n) is 7.80. The Morgan fingerprint density at radius 2 is 2.05 bits per heavy atom. The molecule has 2 fully saturated rings. The highest BCUT2D eigenvalue weighted by Crippen LogP contribution is 2.30. The van der Waals surface area contributed by atoms with Crippen molar-refractivity contribution in [2.75, 3.05) is 45.9 Å². The van der Waals surface area contributed by atoms with Gasteiger partial charge in [-0.15, -0.1) is 0 Å². The van der Waals surface area contributed by atoms with E-state index >= 15 is 0 Å². The van der Waals surface area contributed by atoms with Crippen LogP contribution >= 0.6 is 0 Å². The number of rotatable bonds is 5. The Kier molecular flexibility index (Phi) is 5.41. The molecule has 0 bridgehead atoms. The number of carbonyl (C=O) groups is 1. The molecule has 0 unspecified atom stereocenters. The van der Waals surface area contributed by atoms with Gasteiger partial charge in [0.05, 0.1) is 18.3 Å². The second kappa shape index (κ2) is 6.87. The lowest BCUT2D eigenvalue weighted by molar-refractivity contribution is -0.171. The first-order chi connectivity index (χ1) is 9.54. The third-order valence-electron chi connectivity index (χ3n) is 4.34. The van der Waals surface area contributed by atoms with E-state index in [1.54, 1.807) is 0 Å². The fraction of sp³-hybridized carbons (Fsp3) is 0.933. The fourth-order valence-electron chi connectivity index (χ4n) is 2.98. The lowest BCUT2D eigenvalue weighted by atomic mass is 9.89. The predicted octanol–water partition coefficient (Wildman–Crippen LogP) is 1.12. The van der Waals surface area contributed by atoms with Crippen molar-refractivity contribution in [2.24, 2.45) is 0 Å². The number of nitrogens with zero attached hydrogens (tertiary/aromatic N) is 2. The van der Waals surface area contributed by atoms with Crippen LogP contribution < -0.4 is 0 Å². The Morgan fingerprint density at radius 1 is 1.35 bits per heavy atom. The van der Waals surface area contributed by atoms with Crippen LogP contribution in [0.25, 0.3) is 0 Å². The topological polar surface area (TPSA) is 42.0 Å². The number of likely N-dealkylation sites (N-methyl/N-ethyl adjacent to an activating group) is 1. The molecule has 0 aliphatic carbocycles. The smallest absolute Gasteiger partial charge is 0.248 e.